The third-order valence-electron chi connectivity index (χ3n) is 5.41. The number of methoxy groups -OCH3 is 1. The summed E-state index contributed by atoms with van der Waals surface area (Å²) < 4.78 is 33.3. The molecule has 0 fully saturated rings. The fourth-order valence-corrected chi connectivity index (χ4v) is 5.11. The number of aliphatic hydroxyl groups excluding tert-OH is 1. The van der Waals surface area contributed by atoms with Crippen LogP contribution in [0.2, 0.25) is 0 Å². The van der Waals surface area contributed by atoms with Gasteiger partial charge in [-0.15, -0.1) is 0 Å². The van der Waals surface area contributed by atoms with E-state index in [1.54, 1.807) is 12.1 Å². The summed E-state index contributed by atoms with van der Waals surface area (Å²) in [4.78, 5) is 0.109. The number of aliphatic hydroxyl groups is 1. The lowest BCUT2D eigenvalue weighted by Crippen LogP contribution is -2.48. The van der Waals surface area contributed by atoms with E-state index in [-0.39, 0.29) is 18.0 Å². The number of rotatable bonds is 12. The van der Waals surface area contributed by atoms with Gasteiger partial charge in [-0.3, -0.25) is 0 Å². The molecule has 2 aromatic rings. The van der Waals surface area contributed by atoms with Crippen molar-refractivity contribution >= 4 is 10.0 Å². The molecule has 0 saturated carbocycles. The molecule has 2 aromatic carbocycles. The van der Waals surface area contributed by atoms with Crippen LogP contribution >= 0.6 is 0 Å². The molecule has 174 valence electrons. The Morgan fingerprint density at radius 1 is 1.16 bits per heavy atom. The summed E-state index contributed by atoms with van der Waals surface area (Å²) in [6.45, 7) is 3.84. The molecule has 0 aliphatic carbocycles. The molecule has 0 aliphatic heterocycles. The third-order valence-corrected chi connectivity index (χ3v) is 7.24. The number of hydrogen-bond acceptors (Lipinski definition) is 6. The van der Waals surface area contributed by atoms with Gasteiger partial charge < -0.3 is 15.6 Å². The standard InChI is InChI=1S/C24H33N3O4S/c1-24(2,14-7-15-25)18-27(32(29,30)21-12-10-20(31-3)11-13-21)17-23(28)22(26)16-19-8-5-4-6-9-19/h4-6,8-13,22-23,28H,7,14,16-18,26H2,1-3H3/t22?,23-/m1/s1. The average molecular weight is 460 g/mol. The average Bonchev–Trinajstić information content (AvgIpc) is 2.77. The first-order valence-electron chi connectivity index (χ1n) is 10.6. The molecule has 3 N–H and O–H groups in total. The Hall–Kier alpha value is -2.44. The minimum atomic E-state index is -3.91. The molecule has 0 spiro atoms. The monoisotopic (exact) mass is 459 g/mol. The first-order valence-corrected chi connectivity index (χ1v) is 12.0. The molecule has 0 amide bonds. The molecule has 32 heavy (non-hydrogen) atoms. The van der Waals surface area contributed by atoms with E-state index < -0.39 is 27.6 Å². The number of benzene rings is 2. The van der Waals surface area contributed by atoms with Crippen LogP contribution in [0.15, 0.2) is 59.5 Å². The van der Waals surface area contributed by atoms with E-state index in [1.807, 2.05) is 44.2 Å². The van der Waals surface area contributed by atoms with Gasteiger partial charge in [0.25, 0.3) is 0 Å². The summed E-state index contributed by atoms with van der Waals surface area (Å²) in [6, 6.07) is 17.2. The summed E-state index contributed by atoms with van der Waals surface area (Å²) >= 11 is 0. The normalized spacial score (nSPS) is 14.0. The number of nitriles is 1. The van der Waals surface area contributed by atoms with Crippen molar-refractivity contribution in [3.05, 3.63) is 60.2 Å². The second kappa shape index (κ2) is 11.4. The summed E-state index contributed by atoms with van der Waals surface area (Å²) in [5.41, 5.74) is 6.74. The lowest BCUT2D eigenvalue weighted by Gasteiger charge is -2.34. The van der Waals surface area contributed by atoms with Crippen molar-refractivity contribution in [1.82, 2.24) is 4.31 Å². The molecule has 0 saturated heterocycles. The van der Waals surface area contributed by atoms with Crippen LogP contribution in [-0.4, -0.2) is 50.2 Å². The summed E-state index contributed by atoms with van der Waals surface area (Å²) in [7, 11) is -2.39. The Bertz CT molecular complexity index is 986. The van der Waals surface area contributed by atoms with Crippen LogP contribution in [-0.2, 0) is 16.4 Å². The number of sulfonamides is 1. The van der Waals surface area contributed by atoms with Crippen molar-refractivity contribution in [2.75, 3.05) is 20.2 Å². The van der Waals surface area contributed by atoms with Crippen LogP contribution in [0.25, 0.3) is 0 Å². The highest BCUT2D eigenvalue weighted by Gasteiger charge is 2.33. The number of hydrogen-bond donors (Lipinski definition) is 2. The van der Waals surface area contributed by atoms with Gasteiger partial charge in [0, 0.05) is 25.6 Å². The molecule has 0 heterocycles. The molecular weight excluding hydrogens is 426 g/mol. The fraction of sp³-hybridized carbons (Fsp3) is 0.458. The molecule has 2 atom stereocenters. The maximum Gasteiger partial charge on any atom is 0.243 e. The van der Waals surface area contributed by atoms with Crippen molar-refractivity contribution in [2.24, 2.45) is 11.1 Å². The van der Waals surface area contributed by atoms with Gasteiger partial charge in [0.15, 0.2) is 0 Å². The Morgan fingerprint density at radius 2 is 1.78 bits per heavy atom. The van der Waals surface area contributed by atoms with E-state index in [2.05, 4.69) is 6.07 Å². The van der Waals surface area contributed by atoms with Crippen LogP contribution in [0.5, 0.6) is 5.75 Å². The fourth-order valence-electron chi connectivity index (χ4n) is 3.46. The first-order chi connectivity index (χ1) is 15.1. The van der Waals surface area contributed by atoms with E-state index in [4.69, 9.17) is 15.7 Å². The van der Waals surface area contributed by atoms with Gasteiger partial charge in [0.05, 0.1) is 24.2 Å². The summed E-state index contributed by atoms with van der Waals surface area (Å²) in [6.07, 6.45) is 0.218. The minimum absolute atomic E-state index is 0.109. The Morgan fingerprint density at radius 3 is 2.34 bits per heavy atom. The van der Waals surface area contributed by atoms with Crippen LogP contribution in [0, 0.1) is 16.7 Å². The molecular formula is C24H33N3O4S. The number of nitrogens with two attached hydrogens (primary N) is 1. The van der Waals surface area contributed by atoms with E-state index in [1.165, 1.54) is 23.5 Å². The van der Waals surface area contributed by atoms with Crippen LogP contribution in [0.4, 0.5) is 0 Å². The Labute approximate surface area is 191 Å². The Kier molecular flexibility index (Phi) is 9.22. The number of nitrogens with zero attached hydrogens (tertiary/aromatic N) is 2. The second-order valence-corrected chi connectivity index (χ2v) is 10.7. The smallest absolute Gasteiger partial charge is 0.243 e. The highest BCUT2D eigenvalue weighted by Crippen LogP contribution is 2.28. The molecule has 7 nitrogen and oxygen atoms in total. The third kappa shape index (κ3) is 7.31. The van der Waals surface area contributed by atoms with Gasteiger partial charge in [-0.1, -0.05) is 44.2 Å². The predicted molar refractivity (Wildman–Crippen MR) is 125 cm³/mol. The van der Waals surface area contributed by atoms with Gasteiger partial charge in [-0.25, -0.2) is 8.42 Å². The van der Waals surface area contributed by atoms with Crippen LogP contribution in [0.1, 0.15) is 32.3 Å². The molecule has 0 aromatic heterocycles. The van der Waals surface area contributed by atoms with Gasteiger partial charge >= 0.3 is 0 Å². The van der Waals surface area contributed by atoms with Crippen molar-refractivity contribution in [1.29, 1.82) is 5.26 Å². The molecule has 0 radical (unpaired) electrons. The first kappa shape index (κ1) is 25.8. The van der Waals surface area contributed by atoms with Crippen molar-refractivity contribution in [2.45, 2.75) is 50.2 Å². The van der Waals surface area contributed by atoms with Gasteiger partial charge in [-0.05, 0) is 48.1 Å². The van der Waals surface area contributed by atoms with Gasteiger partial charge in [-0.2, -0.15) is 9.57 Å². The van der Waals surface area contributed by atoms with E-state index >= 15 is 0 Å². The molecule has 8 heteroatoms. The molecule has 0 bridgehead atoms. The highest BCUT2D eigenvalue weighted by atomic mass is 32.2. The zero-order valence-corrected chi connectivity index (χ0v) is 19.8. The summed E-state index contributed by atoms with van der Waals surface area (Å²) in [5, 5.41) is 19.8. The van der Waals surface area contributed by atoms with Crippen molar-refractivity contribution in [3.63, 3.8) is 0 Å². The van der Waals surface area contributed by atoms with Gasteiger partial charge in [0.1, 0.15) is 5.75 Å². The van der Waals surface area contributed by atoms with Gasteiger partial charge in [0.2, 0.25) is 10.0 Å². The van der Waals surface area contributed by atoms with E-state index in [0.717, 1.165) is 5.56 Å². The topological polar surface area (TPSA) is 117 Å². The largest absolute Gasteiger partial charge is 0.497 e. The Balaban J connectivity index is 2.27. The molecule has 2 rings (SSSR count). The predicted octanol–water partition coefficient (Wildman–Crippen LogP) is 2.95. The van der Waals surface area contributed by atoms with Crippen molar-refractivity contribution < 1.29 is 18.3 Å². The maximum atomic E-state index is 13.5. The van der Waals surface area contributed by atoms with Crippen LogP contribution < -0.4 is 10.5 Å². The van der Waals surface area contributed by atoms with Crippen LogP contribution in [0.3, 0.4) is 0 Å². The summed E-state index contributed by atoms with van der Waals surface area (Å²) in [5.74, 6) is 0.551. The molecule has 1 unspecified atom stereocenters. The van der Waals surface area contributed by atoms with Crippen molar-refractivity contribution in [3.8, 4) is 11.8 Å². The van der Waals surface area contributed by atoms with E-state index in [9.17, 15) is 13.5 Å². The maximum absolute atomic E-state index is 13.5. The molecule has 0 aliphatic rings. The number of ether oxygens (including phenoxy) is 1. The zero-order chi connectivity index (χ0) is 23.8. The quantitative estimate of drug-likeness (QED) is 0.504. The lowest BCUT2D eigenvalue weighted by atomic mass is 9.88. The lowest BCUT2D eigenvalue weighted by molar-refractivity contribution is 0.106. The highest BCUT2D eigenvalue weighted by molar-refractivity contribution is 7.89. The van der Waals surface area contributed by atoms with E-state index in [0.29, 0.717) is 25.0 Å². The minimum Gasteiger partial charge on any atom is -0.497 e. The SMILES string of the molecule is COc1ccc(S(=O)(=O)N(C[C@@H](O)C(N)Cc2ccccc2)CC(C)(C)CCC#N)cc1. The second-order valence-electron chi connectivity index (χ2n) is 8.72. The zero-order valence-electron chi connectivity index (χ0n) is 18.9.